The summed E-state index contributed by atoms with van der Waals surface area (Å²) in [6.07, 6.45) is 4.27. The molecule has 0 atom stereocenters. The predicted octanol–water partition coefficient (Wildman–Crippen LogP) is 3.00. The smallest absolute Gasteiger partial charge is 0.0234 e. The van der Waals surface area contributed by atoms with Gasteiger partial charge in [0.2, 0.25) is 0 Å². The lowest BCUT2D eigenvalue weighted by molar-refractivity contribution is 0.363. The Hall–Kier alpha value is -1.08. The summed E-state index contributed by atoms with van der Waals surface area (Å²) in [4.78, 5) is 2.30. The van der Waals surface area contributed by atoms with Crippen LogP contribution in [0.4, 0.5) is 0 Å². The van der Waals surface area contributed by atoms with Crippen LogP contribution in [0.2, 0.25) is 0 Å². The van der Waals surface area contributed by atoms with Crippen LogP contribution in [0.5, 0.6) is 0 Å². The first-order chi connectivity index (χ1) is 6.72. The summed E-state index contributed by atoms with van der Waals surface area (Å²) >= 11 is 0. The Morgan fingerprint density at radius 2 is 2.14 bits per heavy atom. The molecule has 1 aromatic rings. The monoisotopic (exact) mass is 189 g/mol. The fourth-order valence-electron chi connectivity index (χ4n) is 1.47. The minimum absolute atomic E-state index is 1.02. The number of aryl methyl sites for hydroxylation is 1. The molecule has 0 aliphatic heterocycles. The van der Waals surface area contributed by atoms with E-state index in [0.29, 0.717) is 0 Å². The molecule has 0 saturated heterocycles. The van der Waals surface area contributed by atoms with Crippen molar-refractivity contribution in [2.75, 3.05) is 13.6 Å². The normalized spacial score (nSPS) is 11.4. The molecule has 1 aromatic carbocycles. The van der Waals surface area contributed by atoms with Crippen molar-refractivity contribution in [1.29, 1.82) is 0 Å². The number of allylic oxidation sites excluding steroid dienone is 1. The van der Waals surface area contributed by atoms with E-state index >= 15 is 0 Å². The summed E-state index contributed by atoms with van der Waals surface area (Å²) < 4.78 is 0. The van der Waals surface area contributed by atoms with Crippen molar-refractivity contribution >= 4 is 0 Å². The highest BCUT2D eigenvalue weighted by molar-refractivity contribution is 5.22. The summed E-state index contributed by atoms with van der Waals surface area (Å²) in [5, 5.41) is 0. The zero-order valence-corrected chi connectivity index (χ0v) is 9.33. The van der Waals surface area contributed by atoms with Crippen LogP contribution in [0.25, 0.3) is 0 Å². The standard InChI is InChI=1S/C13H19N/c1-4-5-9-14(3)11-13-8-6-7-12(2)10-13/h4-8,10H,9,11H2,1-3H3/b5-4+. The molecule has 0 aliphatic rings. The molecule has 0 radical (unpaired) electrons. The lowest BCUT2D eigenvalue weighted by atomic mass is 10.1. The Morgan fingerprint density at radius 1 is 1.36 bits per heavy atom. The van der Waals surface area contributed by atoms with Crippen molar-refractivity contribution < 1.29 is 0 Å². The Kier molecular flexibility index (Phi) is 4.41. The van der Waals surface area contributed by atoms with Gasteiger partial charge in [-0.1, -0.05) is 42.0 Å². The molecule has 0 fully saturated rings. The number of hydrogen-bond acceptors (Lipinski definition) is 1. The van der Waals surface area contributed by atoms with Crippen LogP contribution in [-0.2, 0) is 6.54 Å². The van der Waals surface area contributed by atoms with E-state index < -0.39 is 0 Å². The fourth-order valence-corrected chi connectivity index (χ4v) is 1.47. The van der Waals surface area contributed by atoms with Crippen LogP contribution in [0, 0.1) is 6.92 Å². The number of nitrogens with zero attached hydrogens (tertiary/aromatic N) is 1. The lowest BCUT2D eigenvalue weighted by Crippen LogP contribution is -2.17. The van der Waals surface area contributed by atoms with Gasteiger partial charge in [0.1, 0.15) is 0 Å². The summed E-state index contributed by atoms with van der Waals surface area (Å²) in [6.45, 7) is 6.23. The quantitative estimate of drug-likeness (QED) is 0.658. The van der Waals surface area contributed by atoms with Gasteiger partial charge in [-0.25, -0.2) is 0 Å². The zero-order valence-electron chi connectivity index (χ0n) is 9.33. The van der Waals surface area contributed by atoms with E-state index in [4.69, 9.17) is 0 Å². The van der Waals surface area contributed by atoms with Crippen LogP contribution >= 0.6 is 0 Å². The topological polar surface area (TPSA) is 3.24 Å². The van der Waals surface area contributed by atoms with Crippen LogP contribution in [0.3, 0.4) is 0 Å². The number of hydrogen-bond donors (Lipinski definition) is 0. The first-order valence-electron chi connectivity index (χ1n) is 5.07. The third-order valence-corrected chi connectivity index (χ3v) is 2.19. The largest absolute Gasteiger partial charge is 0.298 e. The highest BCUT2D eigenvalue weighted by Gasteiger charge is 1.97. The van der Waals surface area contributed by atoms with Crippen molar-refractivity contribution in [2.45, 2.75) is 20.4 Å². The minimum atomic E-state index is 1.02. The van der Waals surface area contributed by atoms with Gasteiger partial charge in [0, 0.05) is 13.1 Å². The summed E-state index contributed by atoms with van der Waals surface area (Å²) in [7, 11) is 2.14. The second-order valence-corrected chi connectivity index (χ2v) is 3.75. The van der Waals surface area contributed by atoms with Crippen LogP contribution in [0.1, 0.15) is 18.1 Å². The number of rotatable bonds is 4. The van der Waals surface area contributed by atoms with Crippen LogP contribution < -0.4 is 0 Å². The van der Waals surface area contributed by atoms with Gasteiger partial charge in [-0.2, -0.15) is 0 Å². The molecule has 1 heteroatoms. The molecule has 0 aliphatic carbocycles. The minimum Gasteiger partial charge on any atom is -0.298 e. The lowest BCUT2D eigenvalue weighted by Gasteiger charge is -2.14. The Morgan fingerprint density at radius 3 is 2.79 bits per heavy atom. The molecular weight excluding hydrogens is 170 g/mol. The van der Waals surface area contributed by atoms with Gasteiger partial charge in [-0.3, -0.25) is 4.90 Å². The molecule has 0 aromatic heterocycles. The molecular formula is C13H19N. The van der Waals surface area contributed by atoms with E-state index in [1.807, 2.05) is 0 Å². The van der Waals surface area contributed by atoms with E-state index in [9.17, 15) is 0 Å². The predicted molar refractivity (Wildman–Crippen MR) is 62.3 cm³/mol. The first kappa shape index (κ1) is 11.0. The maximum atomic E-state index is 2.30. The van der Waals surface area contributed by atoms with Gasteiger partial charge >= 0.3 is 0 Å². The molecule has 0 N–H and O–H groups in total. The molecule has 0 bridgehead atoms. The summed E-state index contributed by atoms with van der Waals surface area (Å²) in [6, 6.07) is 8.68. The van der Waals surface area contributed by atoms with Gasteiger partial charge < -0.3 is 0 Å². The van der Waals surface area contributed by atoms with E-state index in [0.717, 1.165) is 13.1 Å². The Labute approximate surface area is 87.1 Å². The molecule has 0 saturated carbocycles. The maximum Gasteiger partial charge on any atom is 0.0234 e. The van der Waals surface area contributed by atoms with Gasteiger partial charge in [0.15, 0.2) is 0 Å². The van der Waals surface area contributed by atoms with Gasteiger partial charge in [0.05, 0.1) is 0 Å². The van der Waals surface area contributed by atoms with E-state index in [2.05, 4.69) is 62.2 Å². The molecule has 14 heavy (non-hydrogen) atoms. The van der Waals surface area contributed by atoms with Gasteiger partial charge in [0.25, 0.3) is 0 Å². The van der Waals surface area contributed by atoms with E-state index in [1.54, 1.807) is 0 Å². The summed E-state index contributed by atoms with van der Waals surface area (Å²) in [5.41, 5.74) is 2.72. The molecule has 0 amide bonds. The Balaban J connectivity index is 2.51. The van der Waals surface area contributed by atoms with Crippen molar-refractivity contribution in [3.05, 3.63) is 47.5 Å². The van der Waals surface area contributed by atoms with Crippen LogP contribution in [-0.4, -0.2) is 18.5 Å². The van der Waals surface area contributed by atoms with Gasteiger partial charge in [-0.05, 0) is 26.5 Å². The van der Waals surface area contributed by atoms with Crippen molar-refractivity contribution in [3.63, 3.8) is 0 Å². The molecule has 0 spiro atoms. The third kappa shape index (κ3) is 3.75. The number of likely N-dealkylation sites (N-methyl/N-ethyl adjacent to an activating group) is 1. The third-order valence-electron chi connectivity index (χ3n) is 2.19. The second-order valence-electron chi connectivity index (χ2n) is 3.75. The summed E-state index contributed by atoms with van der Waals surface area (Å²) in [5.74, 6) is 0. The van der Waals surface area contributed by atoms with Crippen LogP contribution in [0.15, 0.2) is 36.4 Å². The zero-order chi connectivity index (χ0) is 10.4. The first-order valence-corrected chi connectivity index (χ1v) is 5.07. The second kappa shape index (κ2) is 5.61. The SMILES string of the molecule is C/C=C/CN(C)Cc1cccc(C)c1. The molecule has 76 valence electrons. The van der Waals surface area contributed by atoms with Crippen molar-refractivity contribution in [2.24, 2.45) is 0 Å². The average molecular weight is 189 g/mol. The molecule has 1 nitrogen and oxygen atoms in total. The number of benzene rings is 1. The fraction of sp³-hybridized carbons (Fsp3) is 0.385. The van der Waals surface area contributed by atoms with Gasteiger partial charge in [-0.15, -0.1) is 0 Å². The highest BCUT2D eigenvalue weighted by atomic mass is 15.1. The van der Waals surface area contributed by atoms with Crippen molar-refractivity contribution in [1.82, 2.24) is 4.90 Å². The molecule has 0 unspecified atom stereocenters. The Bertz CT molecular complexity index is 302. The molecule has 1 rings (SSSR count). The highest BCUT2D eigenvalue weighted by Crippen LogP contribution is 2.06. The van der Waals surface area contributed by atoms with Crippen molar-refractivity contribution in [3.8, 4) is 0 Å². The van der Waals surface area contributed by atoms with E-state index in [1.165, 1.54) is 11.1 Å². The van der Waals surface area contributed by atoms with E-state index in [-0.39, 0.29) is 0 Å². The molecule has 0 heterocycles. The average Bonchev–Trinajstić information content (AvgIpc) is 2.15. The maximum absolute atomic E-state index is 2.30.